The molecule has 21 heterocycles. The van der Waals surface area contributed by atoms with Crippen LogP contribution in [-0.2, 0) is 79.0 Å². The third-order valence-corrected chi connectivity index (χ3v) is 27.0. The summed E-state index contributed by atoms with van der Waals surface area (Å²) in [7, 11) is 0. The summed E-state index contributed by atoms with van der Waals surface area (Å²) in [5.41, 5.74) is 0.134. The summed E-state index contributed by atoms with van der Waals surface area (Å²) in [5, 5.41) is 69.6. The highest BCUT2D eigenvalue weighted by Crippen LogP contribution is 2.42. The van der Waals surface area contributed by atoms with Gasteiger partial charge in [0.05, 0.1) is 110 Å². The van der Waals surface area contributed by atoms with E-state index in [-0.39, 0.29) is 173 Å². The first-order chi connectivity index (χ1) is 62.6. The number of amides is 7. The Morgan fingerprint density at radius 2 is 0.492 bits per heavy atom. The van der Waals surface area contributed by atoms with Gasteiger partial charge in [0.15, 0.2) is 124 Å². The molecule has 7 N–H and O–H groups in total. The molecule has 8 fully saturated rings. The van der Waals surface area contributed by atoms with Gasteiger partial charge in [-0.3, -0.25) is 67.1 Å². The first-order valence-corrected chi connectivity index (χ1v) is 44.2. The number of hydrogen-bond acceptors (Lipinski definition) is 28. The number of rotatable bonds is 0. The zero-order valence-corrected chi connectivity index (χ0v) is 75.3. The minimum atomic E-state index is -0.485. The van der Waals surface area contributed by atoms with Crippen LogP contribution < -0.4 is 38.0 Å². The van der Waals surface area contributed by atoms with E-state index >= 15 is 0 Å². The molecule has 0 bridgehead atoms. The summed E-state index contributed by atoms with van der Waals surface area (Å²) >= 11 is 0. The maximum absolute atomic E-state index is 12.7. The summed E-state index contributed by atoms with van der Waals surface area (Å²) in [6.07, 6.45) is 14.5. The highest BCUT2D eigenvalue weighted by molar-refractivity contribution is 6.00. The lowest BCUT2D eigenvalue weighted by molar-refractivity contribution is -0.112. The van der Waals surface area contributed by atoms with Crippen molar-refractivity contribution in [3.8, 4) is 40.2 Å². The molecule has 42 nitrogen and oxygen atoms in total. The summed E-state index contributed by atoms with van der Waals surface area (Å²) in [6, 6.07) is 0.179. The highest BCUT2D eigenvalue weighted by Gasteiger charge is 2.53. The fraction of sp³-hybridized carbons (Fsp3) is 0.533. The van der Waals surface area contributed by atoms with Gasteiger partial charge >= 0.3 is 0 Å². The molecule has 42 heteroatoms. The average molecular weight is 1830 g/mol. The molecule has 7 amide bonds. The Bertz CT molecular complexity index is 6040. The molecule has 1 saturated carbocycles. The molecule has 0 unspecified atom stereocenters. The molecule has 22 rings (SSSR count). The van der Waals surface area contributed by atoms with E-state index in [1.165, 1.54) is 0 Å². The van der Waals surface area contributed by atoms with E-state index in [9.17, 15) is 103 Å². The number of hydrogen-bond donors (Lipinski definition) is 7. The lowest BCUT2D eigenvalue weighted by Crippen LogP contribution is -2.56. The largest absolute Gasteiger partial charge is 0.503 e. The Hall–Kier alpha value is -12.7. The van der Waals surface area contributed by atoms with Crippen LogP contribution in [0.4, 0.5) is 0 Å². The molecule has 14 aliphatic heterocycles. The number of carbonyl (C=O) groups is 7. The van der Waals surface area contributed by atoms with Crippen molar-refractivity contribution in [3.05, 3.63) is 194 Å². The van der Waals surface area contributed by atoms with E-state index in [1.807, 2.05) is 41.5 Å². The predicted molar refractivity (Wildman–Crippen MR) is 463 cm³/mol. The zero-order valence-electron chi connectivity index (χ0n) is 75.3. The van der Waals surface area contributed by atoms with Gasteiger partial charge in [-0.15, -0.1) is 0 Å². The maximum atomic E-state index is 12.7. The van der Waals surface area contributed by atoms with Crippen LogP contribution in [0.15, 0.2) is 76.9 Å². The molecular formula is C90H108N14O28. The predicted octanol–water partition coefficient (Wildman–Crippen LogP) is 2.39. The number of nitrogens with zero attached hydrogens (tertiary/aromatic N) is 14. The molecule has 7 aromatic rings. The molecule has 7 saturated heterocycles. The van der Waals surface area contributed by atoms with Gasteiger partial charge in [0.25, 0.3) is 41.4 Å². The molecule has 15 atom stereocenters. The lowest BCUT2D eigenvalue weighted by atomic mass is 10.1. The van der Waals surface area contributed by atoms with Gasteiger partial charge in [-0.1, -0.05) is 6.92 Å². The van der Waals surface area contributed by atoms with E-state index in [0.717, 1.165) is 38.5 Å². The summed E-state index contributed by atoms with van der Waals surface area (Å²) in [5.74, 6) is -5.24. The number of aromatic nitrogens is 7. The molecule has 0 spiro atoms. The van der Waals surface area contributed by atoms with Crippen LogP contribution in [0.1, 0.15) is 192 Å². The molecule has 132 heavy (non-hydrogen) atoms. The molecule has 7 aromatic heterocycles. The normalized spacial score (nSPS) is 26.8. The molecule has 0 radical (unpaired) electrons. The van der Waals surface area contributed by atoms with Crippen LogP contribution in [0.3, 0.4) is 0 Å². The van der Waals surface area contributed by atoms with Gasteiger partial charge in [0.1, 0.15) is 0 Å². The Balaban J connectivity index is 0.000000112. The van der Waals surface area contributed by atoms with Crippen LogP contribution in [0, 0.1) is 54.4 Å². The number of aryl methyl sites for hydroxylation is 7. The maximum Gasteiger partial charge on any atom is 0.276 e. The van der Waals surface area contributed by atoms with E-state index < -0.39 is 78.2 Å². The monoisotopic (exact) mass is 1830 g/mol. The molecule has 706 valence electrons. The van der Waals surface area contributed by atoms with Gasteiger partial charge < -0.3 is 135 Å². The van der Waals surface area contributed by atoms with Crippen molar-refractivity contribution in [2.24, 2.45) is 5.92 Å². The van der Waals surface area contributed by atoms with Gasteiger partial charge in [-0.05, 0) is 128 Å². The van der Waals surface area contributed by atoms with Gasteiger partial charge in [-0.2, -0.15) is 0 Å². The van der Waals surface area contributed by atoms with Crippen molar-refractivity contribution in [1.82, 2.24) is 66.3 Å². The Morgan fingerprint density at radius 3 is 0.780 bits per heavy atom. The number of fused-ring (bicyclic) bond motifs is 16. The quantitative estimate of drug-likeness (QED) is 0.115. The third-order valence-electron chi connectivity index (χ3n) is 27.0. The van der Waals surface area contributed by atoms with Crippen LogP contribution in [0.2, 0.25) is 0 Å². The lowest BCUT2D eigenvalue weighted by Gasteiger charge is -2.44. The van der Waals surface area contributed by atoms with E-state index in [0.29, 0.717) is 131 Å². The minimum absolute atomic E-state index is 0.0351. The van der Waals surface area contributed by atoms with E-state index in [2.05, 4.69) is 0 Å². The van der Waals surface area contributed by atoms with Crippen LogP contribution in [-0.4, -0.2) is 276 Å². The summed E-state index contributed by atoms with van der Waals surface area (Å²) in [4.78, 5) is 181. The topological polar surface area (TPSA) is 502 Å². The zero-order chi connectivity index (χ0) is 95.0. The number of pyridine rings is 7. The number of aromatic hydroxyl groups is 7. The van der Waals surface area contributed by atoms with Crippen molar-refractivity contribution in [2.75, 3.05) is 46.2 Å². The SMILES string of the molecule is Cc1cn2c(c(O)c1=O)C(=O)N1C[C@H](C)CO[C@H]1C2.Cc1cn2c(c(O)c1=O)C(=O)N1[C@@H](C)CCO[C@@H]1C2.Cc1cn2c(c(O)c1=O)C(=O)N1[C@@H](C)CO[C@@H]1C2.Cc1cn2c(c(O)c1=O)C(=O)N1[C@@H](C2)O[C@@H]2CCC[C@@H]21.Cc1cn2c(c(O)c1=O)C(=O)N1[C@H](C)CCO[C@@H]1C2.Cc1cn2c(c(O)c1=O)C(=O)N1[C@H](C)CCO[C@H]1C2.Cc1cn2c(c(O)c1=O)C(=O)N1[C@H](C)CO[C@H]1C2. The van der Waals surface area contributed by atoms with E-state index in [1.54, 1.807) is 158 Å². The Labute approximate surface area is 753 Å². The first-order valence-electron chi connectivity index (χ1n) is 44.2. The Morgan fingerprint density at radius 1 is 0.258 bits per heavy atom. The summed E-state index contributed by atoms with van der Waals surface area (Å²) < 4.78 is 50.8. The van der Waals surface area contributed by atoms with Gasteiger partial charge in [-0.25, -0.2) is 0 Å². The molecule has 0 aromatic carbocycles. The van der Waals surface area contributed by atoms with Crippen molar-refractivity contribution in [1.29, 1.82) is 0 Å². The minimum Gasteiger partial charge on any atom is -0.503 e. The van der Waals surface area contributed by atoms with Crippen LogP contribution in [0.25, 0.3) is 0 Å². The number of ether oxygens (including phenoxy) is 7. The fourth-order valence-corrected chi connectivity index (χ4v) is 20.0. The second kappa shape index (κ2) is 35.8. The van der Waals surface area contributed by atoms with Gasteiger partial charge in [0, 0.05) is 107 Å². The average Bonchev–Trinajstić information content (AvgIpc) is 1.15. The van der Waals surface area contributed by atoms with Gasteiger partial charge in [0.2, 0.25) is 38.0 Å². The van der Waals surface area contributed by atoms with Crippen molar-refractivity contribution in [2.45, 2.75) is 260 Å². The number of carbonyl (C=O) groups excluding carboxylic acids is 7. The second-order valence-electron chi connectivity index (χ2n) is 36.4. The van der Waals surface area contributed by atoms with Crippen LogP contribution >= 0.6 is 0 Å². The standard InChI is InChI=1S/C14H16N2O4.4C13H16N2O4.2C12H14N2O4/c1-7-5-15-6-10-16(8-3-2-4-9(8)20-10)14(19)11(15)13(18)12(7)17;1-7-3-15-9(19-6-7)5-14-4-8(2)11(16)12(17)10(14)13(15)18;3*1-7-5-14-6-9-15(8(2)3-4-19-9)13(18)10(14)12(17)11(7)16;2*1-6-3-13-4-8-14(7(2)5-18-8)12(17)9(13)11(16)10(6)15/h5,8-10,18H,2-4,6H2,1H3;4,7,9,17H,3,5-6H2,1-2H3;3*5,8-9,17H,3-4,6H2,1-2H3;2*3,7-8,16H,4-5H2,1-2H3/t8-,9+,10+;7-,9-;2*8-,9+;8-,9-;2*7-,8+/m0010110/s1. The second-order valence-corrected chi connectivity index (χ2v) is 36.4. The first kappa shape index (κ1) is 92.5. The Kier molecular flexibility index (Phi) is 25.1. The molecular weight excluding hydrogens is 1730 g/mol. The fourth-order valence-electron chi connectivity index (χ4n) is 20.0. The smallest absolute Gasteiger partial charge is 0.276 e. The van der Waals surface area contributed by atoms with Crippen molar-refractivity contribution in [3.63, 3.8) is 0 Å². The van der Waals surface area contributed by atoms with Crippen molar-refractivity contribution >= 4 is 41.4 Å². The summed E-state index contributed by atoms with van der Waals surface area (Å²) in [6.45, 7) is 30.2. The molecule has 1 aliphatic carbocycles. The van der Waals surface area contributed by atoms with Crippen LogP contribution in [0.5, 0.6) is 40.2 Å². The van der Waals surface area contributed by atoms with E-state index in [4.69, 9.17) is 33.2 Å². The third kappa shape index (κ3) is 16.0. The highest BCUT2D eigenvalue weighted by atomic mass is 16.5. The molecule has 15 aliphatic rings. The van der Waals surface area contributed by atoms with Crippen molar-refractivity contribution < 1.29 is 102 Å².